The number of hydrogen-bond acceptors (Lipinski definition) is 2. The maximum atomic E-state index is 12.1. The average molecular weight is 321 g/mol. The van der Waals surface area contributed by atoms with Crippen molar-refractivity contribution < 1.29 is 9.53 Å². The Morgan fingerprint density at radius 2 is 2.24 bits per heavy atom. The summed E-state index contributed by atoms with van der Waals surface area (Å²) in [4.78, 5) is 12.1. The summed E-state index contributed by atoms with van der Waals surface area (Å²) in [6, 6.07) is 5.30. The lowest BCUT2D eigenvalue weighted by molar-refractivity contribution is -0.136. The number of carbonyl (C=O) groups excluding carboxylic acids is 1. The highest BCUT2D eigenvalue weighted by atomic mass is 79.9. The Labute approximate surface area is 115 Å². The molecule has 0 fully saturated rings. The summed E-state index contributed by atoms with van der Waals surface area (Å²) in [6.45, 7) is 3.65. The zero-order valence-corrected chi connectivity index (χ0v) is 12.4. The Morgan fingerprint density at radius 1 is 1.59 bits per heavy atom. The lowest BCUT2D eigenvalue weighted by Gasteiger charge is -2.25. The van der Waals surface area contributed by atoms with Crippen molar-refractivity contribution in [3.8, 4) is 0 Å². The molecular formula is C12H15BrClNO2. The third-order valence-corrected chi connectivity index (χ3v) is 4.20. The SMILES string of the molecule is CCC(C)(OC)C(=O)Nc1cccc(Cl)c1Br. The van der Waals surface area contributed by atoms with E-state index in [1.54, 1.807) is 25.1 Å². The summed E-state index contributed by atoms with van der Waals surface area (Å²) in [7, 11) is 1.52. The second-order valence-electron chi connectivity index (χ2n) is 3.84. The van der Waals surface area contributed by atoms with Crippen LogP contribution in [0.5, 0.6) is 0 Å². The molecular weight excluding hydrogens is 305 g/mol. The van der Waals surface area contributed by atoms with Crippen molar-refractivity contribution in [1.82, 2.24) is 0 Å². The highest BCUT2D eigenvalue weighted by molar-refractivity contribution is 9.10. The van der Waals surface area contributed by atoms with Gasteiger partial charge < -0.3 is 10.1 Å². The summed E-state index contributed by atoms with van der Waals surface area (Å²) in [6.07, 6.45) is 0.591. The number of rotatable bonds is 4. The van der Waals surface area contributed by atoms with Gasteiger partial charge in [0, 0.05) is 7.11 Å². The Balaban J connectivity index is 2.92. The highest BCUT2D eigenvalue weighted by Gasteiger charge is 2.31. The van der Waals surface area contributed by atoms with Gasteiger partial charge in [0.25, 0.3) is 5.91 Å². The Bertz CT molecular complexity index is 419. The standard InChI is InChI=1S/C12H15BrClNO2/c1-4-12(2,17-3)11(16)15-9-7-5-6-8(14)10(9)13/h5-7H,4H2,1-3H3,(H,15,16). The predicted octanol–water partition coefficient (Wildman–Crippen LogP) is 3.86. The van der Waals surface area contributed by atoms with E-state index in [0.29, 0.717) is 21.6 Å². The minimum Gasteiger partial charge on any atom is -0.369 e. The number of methoxy groups -OCH3 is 1. The van der Waals surface area contributed by atoms with Gasteiger partial charge in [-0.3, -0.25) is 4.79 Å². The molecule has 0 aliphatic carbocycles. The zero-order valence-electron chi connectivity index (χ0n) is 10.0. The molecule has 0 radical (unpaired) electrons. The third kappa shape index (κ3) is 3.21. The number of nitrogens with one attached hydrogen (secondary N) is 1. The van der Waals surface area contributed by atoms with Gasteiger partial charge in [-0.05, 0) is 41.4 Å². The quantitative estimate of drug-likeness (QED) is 0.915. The van der Waals surface area contributed by atoms with Crippen molar-refractivity contribution in [2.45, 2.75) is 25.9 Å². The van der Waals surface area contributed by atoms with Crippen LogP contribution in [0.25, 0.3) is 0 Å². The smallest absolute Gasteiger partial charge is 0.256 e. The van der Waals surface area contributed by atoms with E-state index in [2.05, 4.69) is 21.2 Å². The van der Waals surface area contributed by atoms with Crippen LogP contribution in [0.15, 0.2) is 22.7 Å². The number of benzene rings is 1. The van der Waals surface area contributed by atoms with Gasteiger partial charge in [-0.25, -0.2) is 0 Å². The minimum atomic E-state index is -0.832. The van der Waals surface area contributed by atoms with Gasteiger partial charge in [0.15, 0.2) is 0 Å². The van der Waals surface area contributed by atoms with Gasteiger partial charge in [0.2, 0.25) is 0 Å². The van der Waals surface area contributed by atoms with E-state index in [9.17, 15) is 4.79 Å². The first-order valence-corrected chi connectivity index (χ1v) is 6.42. The Kier molecular flexibility index (Phi) is 4.98. The molecule has 1 amide bonds. The lowest BCUT2D eigenvalue weighted by atomic mass is 10.0. The molecule has 1 unspecified atom stereocenters. The molecule has 94 valence electrons. The highest BCUT2D eigenvalue weighted by Crippen LogP contribution is 2.31. The van der Waals surface area contributed by atoms with Gasteiger partial charge in [0.05, 0.1) is 15.2 Å². The molecule has 1 aromatic rings. The van der Waals surface area contributed by atoms with Crippen LogP contribution in [0.2, 0.25) is 5.02 Å². The normalized spacial score (nSPS) is 14.2. The van der Waals surface area contributed by atoms with Crippen molar-refractivity contribution in [3.63, 3.8) is 0 Å². The second-order valence-corrected chi connectivity index (χ2v) is 5.04. The topological polar surface area (TPSA) is 38.3 Å². The Morgan fingerprint density at radius 3 is 2.76 bits per heavy atom. The van der Waals surface area contributed by atoms with Gasteiger partial charge in [-0.1, -0.05) is 24.6 Å². The maximum absolute atomic E-state index is 12.1. The number of halogens is 2. The van der Waals surface area contributed by atoms with E-state index < -0.39 is 5.60 Å². The molecule has 0 saturated carbocycles. The van der Waals surface area contributed by atoms with Crippen LogP contribution in [0.3, 0.4) is 0 Å². The molecule has 5 heteroatoms. The predicted molar refractivity (Wildman–Crippen MR) is 73.5 cm³/mol. The van der Waals surface area contributed by atoms with Gasteiger partial charge in [0.1, 0.15) is 5.60 Å². The van der Waals surface area contributed by atoms with Crippen molar-refractivity contribution in [2.75, 3.05) is 12.4 Å². The molecule has 0 spiro atoms. The van der Waals surface area contributed by atoms with Crippen LogP contribution in [0, 0.1) is 0 Å². The van der Waals surface area contributed by atoms with E-state index in [1.165, 1.54) is 7.11 Å². The molecule has 1 rings (SSSR count). The molecule has 0 aliphatic rings. The van der Waals surface area contributed by atoms with Crippen LogP contribution < -0.4 is 5.32 Å². The summed E-state index contributed by atoms with van der Waals surface area (Å²) < 4.78 is 5.90. The van der Waals surface area contributed by atoms with E-state index in [-0.39, 0.29) is 5.91 Å². The minimum absolute atomic E-state index is 0.189. The molecule has 0 saturated heterocycles. The van der Waals surface area contributed by atoms with Crippen LogP contribution in [-0.2, 0) is 9.53 Å². The van der Waals surface area contributed by atoms with Gasteiger partial charge in [-0.2, -0.15) is 0 Å². The summed E-state index contributed by atoms with van der Waals surface area (Å²) in [5, 5.41) is 3.35. The first-order valence-electron chi connectivity index (χ1n) is 5.25. The second kappa shape index (κ2) is 5.85. The monoisotopic (exact) mass is 319 g/mol. The molecule has 0 heterocycles. The molecule has 0 aliphatic heterocycles. The number of hydrogen-bond donors (Lipinski definition) is 1. The van der Waals surface area contributed by atoms with Crippen molar-refractivity contribution in [2.24, 2.45) is 0 Å². The van der Waals surface area contributed by atoms with Gasteiger partial charge in [-0.15, -0.1) is 0 Å². The lowest BCUT2D eigenvalue weighted by Crippen LogP contribution is -2.41. The number of anilines is 1. The van der Waals surface area contributed by atoms with E-state index in [4.69, 9.17) is 16.3 Å². The van der Waals surface area contributed by atoms with E-state index in [0.717, 1.165) is 0 Å². The first kappa shape index (κ1) is 14.5. The fourth-order valence-corrected chi connectivity index (χ4v) is 1.79. The molecule has 0 bridgehead atoms. The number of amides is 1. The van der Waals surface area contributed by atoms with Crippen molar-refractivity contribution in [3.05, 3.63) is 27.7 Å². The molecule has 1 aromatic carbocycles. The zero-order chi connectivity index (χ0) is 13.1. The summed E-state index contributed by atoms with van der Waals surface area (Å²) in [5.74, 6) is -0.189. The van der Waals surface area contributed by atoms with Crippen molar-refractivity contribution in [1.29, 1.82) is 0 Å². The van der Waals surface area contributed by atoms with Crippen LogP contribution >= 0.6 is 27.5 Å². The van der Waals surface area contributed by atoms with Crippen LogP contribution in [0.1, 0.15) is 20.3 Å². The average Bonchev–Trinajstić information content (AvgIpc) is 2.33. The molecule has 0 aromatic heterocycles. The Hall–Kier alpha value is -0.580. The maximum Gasteiger partial charge on any atom is 0.256 e. The fraction of sp³-hybridized carbons (Fsp3) is 0.417. The van der Waals surface area contributed by atoms with Gasteiger partial charge >= 0.3 is 0 Å². The first-order chi connectivity index (χ1) is 7.94. The molecule has 17 heavy (non-hydrogen) atoms. The summed E-state index contributed by atoms with van der Waals surface area (Å²) in [5.41, 5.74) is -0.193. The molecule has 1 atom stereocenters. The number of carbonyl (C=O) groups is 1. The molecule has 3 nitrogen and oxygen atoms in total. The number of ether oxygens (including phenoxy) is 1. The van der Waals surface area contributed by atoms with E-state index >= 15 is 0 Å². The largest absolute Gasteiger partial charge is 0.369 e. The van der Waals surface area contributed by atoms with E-state index in [1.807, 2.05) is 6.92 Å². The van der Waals surface area contributed by atoms with Crippen LogP contribution in [0.4, 0.5) is 5.69 Å². The van der Waals surface area contributed by atoms with Crippen LogP contribution in [-0.4, -0.2) is 18.6 Å². The summed E-state index contributed by atoms with van der Waals surface area (Å²) >= 11 is 9.28. The fourth-order valence-electron chi connectivity index (χ4n) is 1.25. The molecule has 1 N–H and O–H groups in total. The third-order valence-electron chi connectivity index (χ3n) is 2.81. The van der Waals surface area contributed by atoms with Crippen molar-refractivity contribution >= 4 is 39.1 Å².